The smallest absolute Gasteiger partial charge is 0.290 e. The summed E-state index contributed by atoms with van der Waals surface area (Å²) in [6.45, 7) is 5.52. The van der Waals surface area contributed by atoms with Crippen LogP contribution in [0.25, 0.3) is 5.52 Å². The zero-order valence-electron chi connectivity index (χ0n) is 15.9. The predicted molar refractivity (Wildman–Crippen MR) is 105 cm³/mol. The van der Waals surface area contributed by atoms with Crippen LogP contribution in [0.2, 0.25) is 0 Å². The van der Waals surface area contributed by atoms with E-state index in [0.717, 1.165) is 5.56 Å². The number of benzene rings is 1. The van der Waals surface area contributed by atoms with Crippen molar-refractivity contribution in [2.45, 2.75) is 20.4 Å². The van der Waals surface area contributed by atoms with Gasteiger partial charge in [0, 0.05) is 32.9 Å². The Labute approximate surface area is 159 Å². The maximum atomic E-state index is 13.0. The van der Waals surface area contributed by atoms with E-state index in [1.165, 1.54) is 0 Å². The Balaban J connectivity index is 1.97. The Bertz CT molecular complexity index is 945. The highest BCUT2D eigenvalue weighted by Crippen LogP contribution is 2.17. The Morgan fingerprint density at radius 2 is 1.63 bits per heavy atom. The van der Waals surface area contributed by atoms with Crippen LogP contribution in [0.4, 0.5) is 0 Å². The van der Waals surface area contributed by atoms with E-state index in [1.54, 1.807) is 27.4 Å². The van der Waals surface area contributed by atoms with Gasteiger partial charge in [0.15, 0.2) is 5.69 Å². The summed E-state index contributed by atoms with van der Waals surface area (Å²) in [6.07, 6.45) is 1.77. The molecule has 0 spiro atoms. The normalized spacial score (nSPS) is 10.8. The molecular formula is C21H24N4O2. The first-order chi connectivity index (χ1) is 13.1. The third-order valence-corrected chi connectivity index (χ3v) is 4.60. The van der Waals surface area contributed by atoms with Crippen LogP contribution >= 0.6 is 0 Å². The fraction of sp³-hybridized carbons (Fsp3) is 0.286. The quantitative estimate of drug-likeness (QED) is 0.675. The second-order valence-electron chi connectivity index (χ2n) is 6.36. The molecule has 6 nitrogen and oxygen atoms in total. The van der Waals surface area contributed by atoms with Crippen LogP contribution in [0.15, 0.2) is 54.7 Å². The molecule has 0 saturated heterocycles. The van der Waals surface area contributed by atoms with Crippen LogP contribution in [-0.2, 0) is 6.54 Å². The summed E-state index contributed by atoms with van der Waals surface area (Å²) < 4.78 is 1.70. The van der Waals surface area contributed by atoms with E-state index in [4.69, 9.17) is 0 Å². The van der Waals surface area contributed by atoms with Crippen molar-refractivity contribution in [1.82, 2.24) is 19.2 Å². The SMILES string of the molecule is CCN(CC)C(=O)c1nc(C(=O)N(C)Cc2ccccc2)c2ccccn12. The van der Waals surface area contributed by atoms with Crippen LogP contribution < -0.4 is 0 Å². The third kappa shape index (κ3) is 3.69. The molecule has 1 aromatic carbocycles. The van der Waals surface area contributed by atoms with Gasteiger partial charge in [0.25, 0.3) is 11.8 Å². The number of rotatable bonds is 6. The van der Waals surface area contributed by atoms with Crippen molar-refractivity contribution in [3.05, 3.63) is 71.8 Å². The lowest BCUT2D eigenvalue weighted by Gasteiger charge is -2.17. The van der Waals surface area contributed by atoms with Gasteiger partial charge in [-0.3, -0.25) is 14.0 Å². The van der Waals surface area contributed by atoms with Gasteiger partial charge >= 0.3 is 0 Å². The Kier molecular flexibility index (Phi) is 5.54. The van der Waals surface area contributed by atoms with E-state index in [1.807, 2.05) is 62.4 Å². The summed E-state index contributed by atoms with van der Waals surface area (Å²) in [7, 11) is 1.75. The third-order valence-electron chi connectivity index (χ3n) is 4.60. The molecule has 0 aliphatic rings. The first-order valence-electron chi connectivity index (χ1n) is 9.12. The maximum absolute atomic E-state index is 13.0. The Morgan fingerprint density at radius 1 is 0.963 bits per heavy atom. The molecule has 0 aliphatic carbocycles. The minimum atomic E-state index is -0.207. The number of amides is 2. The van der Waals surface area contributed by atoms with E-state index in [2.05, 4.69) is 4.98 Å². The van der Waals surface area contributed by atoms with Crippen LogP contribution in [0.1, 0.15) is 40.5 Å². The fourth-order valence-electron chi connectivity index (χ4n) is 3.11. The van der Waals surface area contributed by atoms with Crippen molar-refractivity contribution in [2.75, 3.05) is 20.1 Å². The average Bonchev–Trinajstić information content (AvgIpc) is 3.08. The van der Waals surface area contributed by atoms with Crippen molar-refractivity contribution in [1.29, 1.82) is 0 Å². The molecule has 0 N–H and O–H groups in total. The van der Waals surface area contributed by atoms with Gasteiger partial charge in [-0.15, -0.1) is 0 Å². The lowest BCUT2D eigenvalue weighted by molar-refractivity contribution is 0.0759. The number of carbonyl (C=O) groups is 2. The number of nitrogens with zero attached hydrogens (tertiary/aromatic N) is 4. The van der Waals surface area contributed by atoms with Gasteiger partial charge in [-0.05, 0) is 31.5 Å². The van der Waals surface area contributed by atoms with Crippen LogP contribution in [0.5, 0.6) is 0 Å². The lowest BCUT2D eigenvalue weighted by Crippen LogP contribution is -2.32. The number of hydrogen-bond acceptors (Lipinski definition) is 3. The molecule has 0 atom stereocenters. The molecule has 3 rings (SSSR count). The molecule has 0 saturated carbocycles. The maximum Gasteiger partial charge on any atom is 0.290 e. The van der Waals surface area contributed by atoms with Crippen LogP contribution in [-0.4, -0.2) is 51.1 Å². The summed E-state index contributed by atoms with van der Waals surface area (Å²) in [5.74, 6) is -0.113. The summed E-state index contributed by atoms with van der Waals surface area (Å²) in [6, 6.07) is 15.3. The van der Waals surface area contributed by atoms with Gasteiger partial charge in [0.05, 0.1) is 5.52 Å². The molecule has 3 aromatic rings. The molecule has 0 bridgehead atoms. The Hall–Kier alpha value is -3.15. The van der Waals surface area contributed by atoms with Crippen molar-refractivity contribution in [3.63, 3.8) is 0 Å². The summed E-state index contributed by atoms with van der Waals surface area (Å²) in [5, 5.41) is 0. The standard InChI is InChI=1S/C21H24N4O2/c1-4-24(5-2)21(27)19-22-18(17-13-9-10-14-25(17)19)20(26)23(3)15-16-11-7-6-8-12-16/h6-14H,4-5,15H2,1-3H3. The molecule has 140 valence electrons. The average molecular weight is 364 g/mol. The number of imidazole rings is 1. The van der Waals surface area contributed by atoms with E-state index in [9.17, 15) is 9.59 Å². The Morgan fingerprint density at radius 3 is 2.30 bits per heavy atom. The highest BCUT2D eigenvalue weighted by Gasteiger charge is 2.25. The van der Waals surface area contributed by atoms with Gasteiger partial charge in [-0.2, -0.15) is 0 Å². The van der Waals surface area contributed by atoms with E-state index >= 15 is 0 Å². The van der Waals surface area contributed by atoms with Crippen molar-refractivity contribution in [3.8, 4) is 0 Å². The first-order valence-corrected chi connectivity index (χ1v) is 9.12. The number of pyridine rings is 1. The molecule has 0 fully saturated rings. The second-order valence-corrected chi connectivity index (χ2v) is 6.36. The van der Waals surface area contributed by atoms with Gasteiger partial charge in [0.1, 0.15) is 0 Å². The van der Waals surface area contributed by atoms with E-state index in [0.29, 0.717) is 30.8 Å². The largest absolute Gasteiger partial charge is 0.337 e. The highest BCUT2D eigenvalue weighted by molar-refractivity contribution is 6.02. The molecular weight excluding hydrogens is 340 g/mol. The molecule has 27 heavy (non-hydrogen) atoms. The molecule has 6 heteroatoms. The lowest BCUT2D eigenvalue weighted by atomic mass is 10.2. The second kappa shape index (κ2) is 8.03. The number of hydrogen-bond donors (Lipinski definition) is 0. The predicted octanol–water partition coefficient (Wildman–Crippen LogP) is 3.09. The van der Waals surface area contributed by atoms with E-state index < -0.39 is 0 Å². The molecule has 2 heterocycles. The summed E-state index contributed by atoms with van der Waals surface area (Å²) in [5.41, 5.74) is 1.97. The minimum Gasteiger partial charge on any atom is -0.337 e. The van der Waals surface area contributed by atoms with Gasteiger partial charge in [-0.1, -0.05) is 36.4 Å². The molecule has 2 amide bonds. The number of carbonyl (C=O) groups excluding carboxylic acids is 2. The molecule has 0 aliphatic heterocycles. The zero-order chi connectivity index (χ0) is 19.4. The summed E-state index contributed by atoms with van der Waals surface area (Å²) >= 11 is 0. The monoisotopic (exact) mass is 364 g/mol. The molecule has 0 radical (unpaired) electrons. The molecule has 0 unspecified atom stereocenters. The zero-order valence-corrected chi connectivity index (χ0v) is 15.9. The van der Waals surface area contributed by atoms with Gasteiger partial charge in [0.2, 0.25) is 5.82 Å². The van der Waals surface area contributed by atoms with Crippen molar-refractivity contribution in [2.24, 2.45) is 0 Å². The minimum absolute atomic E-state index is 0.175. The van der Waals surface area contributed by atoms with Crippen molar-refractivity contribution < 1.29 is 9.59 Å². The first kappa shape index (κ1) is 18.6. The van der Waals surface area contributed by atoms with Crippen LogP contribution in [0, 0.1) is 0 Å². The summed E-state index contributed by atoms with van der Waals surface area (Å²) in [4.78, 5) is 33.6. The topological polar surface area (TPSA) is 57.9 Å². The van der Waals surface area contributed by atoms with E-state index in [-0.39, 0.29) is 17.6 Å². The number of aromatic nitrogens is 2. The van der Waals surface area contributed by atoms with Gasteiger partial charge in [-0.25, -0.2) is 4.98 Å². The van der Waals surface area contributed by atoms with Crippen molar-refractivity contribution >= 4 is 17.3 Å². The number of fused-ring (bicyclic) bond motifs is 1. The highest BCUT2D eigenvalue weighted by atomic mass is 16.2. The molecule has 2 aromatic heterocycles. The van der Waals surface area contributed by atoms with Gasteiger partial charge < -0.3 is 9.80 Å². The van der Waals surface area contributed by atoms with Crippen LogP contribution in [0.3, 0.4) is 0 Å². The fourth-order valence-corrected chi connectivity index (χ4v) is 3.11.